The zero-order valence-electron chi connectivity index (χ0n) is 14.9. The van der Waals surface area contributed by atoms with Gasteiger partial charge in [-0.05, 0) is 53.3 Å². The molecular formula is C20H17N3O4S. The Morgan fingerprint density at radius 2 is 1.89 bits per heavy atom. The zero-order chi connectivity index (χ0) is 19.3. The van der Waals surface area contributed by atoms with Crippen molar-refractivity contribution in [3.8, 4) is 0 Å². The molecule has 0 spiro atoms. The largest absolute Gasteiger partial charge is 0.417 e. The number of benzene rings is 2. The second kappa shape index (κ2) is 6.65. The third-order valence-electron chi connectivity index (χ3n) is 5.19. The van der Waals surface area contributed by atoms with Gasteiger partial charge in [0.1, 0.15) is 0 Å². The number of piperidine rings is 1. The van der Waals surface area contributed by atoms with Gasteiger partial charge in [-0.1, -0.05) is 18.2 Å². The van der Waals surface area contributed by atoms with E-state index in [1.807, 2.05) is 24.3 Å². The minimum atomic E-state index is -0.452. The van der Waals surface area contributed by atoms with Crippen LogP contribution in [0.15, 0.2) is 50.5 Å². The standard InChI is InChI=1S/C20H17N3O4S/c24-18-6-4-15(19(25)22-18)11-1-2-12-9-23(10-13(12)7-11)28-14-3-5-16-17(8-14)27-20(26)21-16/h1-3,5,7-8,15H,4,6,9-10H2,(H,21,26)(H,22,24,25). The van der Waals surface area contributed by atoms with E-state index in [0.717, 1.165) is 23.5 Å². The van der Waals surface area contributed by atoms with Crippen LogP contribution in [0.1, 0.15) is 35.4 Å². The molecule has 1 atom stereocenters. The lowest BCUT2D eigenvalue weighted by molar-refractivity contribution is -0.134. The highest BCUT2D eigenvalue weighted by atomic mass is 32.2. The van der Waals surface area contributed by atoms with E-state index >= 15 is 0 Å². The smallest absolute Gasteiger partial charge is 0.408 e. The lowest BCUT2D eigenvalue weighted by Gasteiger charge is -2.21. The first-order chi connectivity index (χ1) is 13.5. The minimum Gasteiger partial charge on any atom is -0.408 e. The Kier molecular flexibility index (Phi) is 4.10. The van der Waals surface area contributed by atoms with Gasteiger partial charge < -0.3 is 4.42 Å². The molecule has 8 heteroatoms. The molecule has 1 unspecified atom stereocenters. The van der Waals surface area contributed by atoms with Crippen LogP contribution in [-0.4, -0.2) is 21.1 Å². The molecule has 0 aliphatic carbocycles. The van der Waals surface area contributed by atoms with Crippen molar-refractivity contribution < 1.29 is 14.0 Å². The minimum absolute atomic E-state index is 0.194. The molecule has 7 nitrogen and oxygen atoms in total. The van der Waals surface area contributed by atoms with Gasteiger partial charge in [0.2, 0.25) is 11.8 Å². The Morgan fingerprint density at radius 1 is 1.04 bits per heavy atom. The molecule has 3 heterocycles. The Balaban J connectivity index is 1.33. The van der Waals surface area contributed by atoms with Gasteiger partial charge in [-0.2, -0.15) is 0 Å². The average molecular weight is 395 g/mol. The van der Waals surface area contributed by atoms with Crippen molar-refractivity contribution in [2.75, 3.05) is 0 Å². The highest BCUT2D eigenvalue weighted by molar-refractivity contribution is 7.97. The Morgan fingerprint density at radius 3 is 2.75 bits per heavy atom. The van der Waals surface area contributed by atoms with Crippen molar-refractivity contribution in [2.45, 2.75) is 36.7 Å². The van der Waals surface area contributed by atoms with Crippen molar-refractivity contribution in [1.29, 1.82) is 0 Å². The van der Waals surface area contributed by atoms with Gasteiger partial charge in [-0.25, -0.2) is 9.10 Å². The number of rotatable bonds is 3. The topological polar surface area (TPSA) is 95.4 Å². The molecule has 2 aliphatic heterocycles. The SMILES string of the molecule is O=C1CCC(c2ccc3c(c2)CN(Sc2ccc4[nH]c(=O)oc4c2)C3)C(=O)N1. The van der Waals surface area contributed by atoms with Gasteiger partial charge in [0.15, 0.2) is 5.58 Å². The Hall–Kier alpha value is -2.84. The molecular weight excluding hydrogens is 378 g/mol. The van der Waals surface area contributed by atoms with Gasteiger partial charge in [-0.15, -0.1) is 0 Å². The number of H-pyrrole nitrogens is 1. The van der Waals surface area contributed by atoms with E-state index in [0.29, 0.717) is 23.9 Å². The summed E-state index contributed by atoms with van der Waals surface area (Å²) in [6, 6.07) is 11.8. The van der Waals surface area contributed by atoms with E-state index < -0.39 is 5.76 Å². The fraction of sp³-hybridized carbons (Fsp3) is 0.250. The summed E-state index contributed by atoms with van der Waals surface area (Å²) < 4.78 is 7.36. The third kappa shape index (κ3) is 3.14. The fourth-order valence-corrected chi connectivity index (χ4v) is 4.80. The number of hydrogen-bond donors (Lipinski definition) is 2. The lowest BCUT2D eigenvalue weighted by atomic mass is 9.89. The number of fused-ring (bicyclic) bond motifs is 2. The van der Waals surface area contributed by atoms with E-state index in [1.165, 1.54) is 11.1 Å². The van der Waals surface area contributed by atoms with E-state index in [2.05, 4.69) is 26.7 Å². The summed E-state index contributed by atoms with van der Waals surface area (Å²) >= 11 is 1.61. The molecule has 5 rings (SSSR count). The van der Waals surface area contributed by atoms with Crippen LogP contribution in [0.4, 0.5) is 0 Å². The normalized spacial score (nSPS) is 19.8. The number of carbonyl (C=O) groups excluding carboxylic acids is 2. The van der Waals surface area contributed by atoms with Gasteiger partial charge in [0, 0.05) is 24.4 Å². The molecule has 0 radical (unpaired) electrons. The van der Waals surface area contributed by atoms with Crippen molar-refractivity contribution >= 4 is 34.9 Å². The summed E-state index contributed by atoms with van der Waals surface area (Å²) in [5.74, 6) is -1.11. The van der Waals surface area contributed by atoms with E-state index in [4.69, 9.17) is 4.42 Å². The van der Waals surface area contributed by atoms with E-state index in [1.54, 1.807) is 11.9 Å². The van der Waals surface area contributed by atoms with Crippen LogP contribution in [0.25, 0.3) is 11.1 Å². The number of oxazole rings is 1. The molecule has 142 valence electrons. The summed E-state index contributed by atoms with van der Waals surface area (Å²) in [5, 5.41) is 2.43. The van der Waals surface area contributed by atoms with Crippen molar-refractivity contribution in [3.05, 3.63) is 63.6 Å². The van der Waals surface area contributed by atoms with Crippen LogP contribution < -0.4 is 11.1 Å². The molecule has 0 bridgehead atoms. The maximum absolute atomic E-state index is 12.1. The number of hydrogen-bond acceptors (Lipinski definition) is 6. The summed E-state index contributed by atoms with van der Waals surface area (Å²) in [6.07, 6.45) is 0.941. The molecule has 2 amide bonds. The predicted molar refractivity (Wildman–Crippen MR) is 104 cm³/mol. The monoisotopic (exact) mass is 395 g/mol. The molecule has 2 N–H and O–H groups in total. The van der Waals surface area contributed by atoms with E-state index in [9.17, 15) is 14.4 Å². The van der Waals surface area contributed by atoms with Gasteiger partial charge in [0.25, 0.3) is 0 Å². The molecule has 0 saturated carbocycles. The van der Waals surface area contributed by atoms with Crippen molar-refractivity contribution in [3.63, 3.8) is 0 Å². The van der Waals surface area contributed by atoms with Crippen LogP contribution in [0.3, 0.4) is 0 Å². The number of aromatic nitrogens is 1. The lowest BCUT2D eigenvalue weighted by Crippen LogP contribution is -2.39. The number of nitrogens with one attached hydrogen (secondary N) is 2. The summed E-state index contributed by atoms with van der Waals surface area (Å²) in [5.41, 5.74) is 4.63. The first-order valence-corrected chi connectivity index (χ1v) is 9.84. The first-order valence-electron chi connectivity index (χ1n) is 9.06. The maximum atomic E-state index is 12.1. The Bertz CT molecular complexity index is 1170. The third-order valence-corrected chi connectivity index (χ3v) is 6.17. The predicted octanol–water partition coefficient (Wildman–Crippen LogP) is 2.66. The molecule has 1 fully saturated rings. The number of nitrogens with zero attached hydrogens (tertiary/aromatic N) is 1. The van der Waals surface area contributed by atoms with Crippen LogP contribution in [0.2, 0.25) is 0 Å². The van der Waals surface area contributed by atoms with Gasteiger partial charge in [-0.3, -0.25) is 19.9 Å². The van der Waals surface area contributed by atoms with Crippen LogP contribution in [-0.2, 0) is 22.7 Å². The van der Waals surface area contributed by atoms with E-state index in [-0.39, 0.29) is 17.7 Å². The first kappa shape index (κ1) is 17.3. The summed E-state index contributed by atoms with van der Waals surface area (Å²) in [7, 11) is 0. The van der Waals surface area contributed by atoms with Crippen molar-refractivity contribution in [2.24, 2.45) is 0 Å². The number of aromatic amines is 1. The number of amides is 2. The van der Waals surface area contributed by atoms with Crippen molar-refractivity contribution in [1.82, 2.24) is 14.6 Å². The molecule has 2 aromatic carbocycles. The maximum Gasteiger partial charge on any atom is 0.417 e. The molecule has 3 aromatic rings. The average Bonchev–Trinajstić information content (AvgIpc) is 3.22. The molecule has 2 aliphatic rings. The number of imide groups is 1. The highest BCUT2D eigenvalue weighted by Crippen LogP contribution is 2.36. The highest BCUT2D eigenvalue weighted by Gasteiger charge is 2.29. The zero-order valence-corrected chi connectivity index (χ0v) is 15.7. The van der Waals surface area contributed by atoms with Gasteiger partial charge in [0.05, 0.1) is 11.4 Å². The summed E-state index contributed by atoms with van der Waals surface area (Å²) in [6.45, 7) is 1.56. The molecule has 28 heavy (non-hydrogen) atoms. The molecule has 1 saturated heterocycles. The van der Waals surface area contributed by atoms with Crippen LogP contribution in [0.5, 0.6) is 0 Å². The quantitative estimate of drug-likeness (QED) is 0.523. The summed E-state index contributed by atoms with van der Waals surface area (Å²) in [4.78, 5) is 38.5. The second-order valence-electron chi connectivity index (χ2n) is 7.09. The fourth-order valence-electron chi connectivity index (χ4n) is 3.81. The van der Waals surface area contributed by atoms with Crippen LogP contribution in [0, 0.1) is 0 Å². The second-order valence-corrected chi connectivity index (χ2v) is 8.26. The van der Waals surface area contributed by atoms with Gasteiger partial charge >= 0.3 is 5.76 Å². The Labute approximate surface area is 164 Å². The number of carbonyl (C=O) groups is 2. The molecule has 1 aromatic heterocycles. The van der Waals surface area contributed by atoms with Crippen LogP contribution >= 0.6 is 11.9 Å².